The van der Waals surface area contributed by atoms with Gasteiger partial charge in [0.1, 0.15) is 0 Å². The van der Waals surface area contributed by atoms with Gasteiger partial charge in [-0.05, 0) is 69.9 Å². The molecule has 0 N–H and O–H groups in total. The van der Waals surface area contributed by atoms with E-state index in [1.54, 1.807) is 0 Å². The Morgan fingerprint density at radius 3 is 2.17 bits per heavy atom. The fourth-order valence-electron chi connectivity index (χ4n) is 3.82. The van der Waals surface area contributed by atoms with Crippen LogP contribution in [0.4, 0.5) is 0 Å². The van der Waals surface area contributed by atoms with Gasteiger partial charge in [0.2, 0.25) is 0 Å². The second kappa shape index (κ2) is 7.05. The molecule has 1 aliphatic heterocycles. The SMILES string of the molecule is C=C/C=C\c1c(C)c2ccccc2n1-c1ccc(B2OC(C)(C)C(C)(C)O2)cc1. The number of benzene rings is 2. The van der Waals surface area contributed by atoms with E-state index >= 15 is 0 Å². The normalized spacial score (nSPS) is 18.0. The maximum absolute atomic E-state index is 6.20. The molecule has 4 heteroatoms. The lowest BCUT2D eigenvalue weighted by Crippen LogP contribution is -2.41. The highest BCUT2D eigenvalue weighted by Crippen LogP contribution is 2.36. The molecule has 1 aliphatic rings. The Morgan fingerprint density at radius 1 is 0.931 bits per heavy atom. The highest BCUT2D eigenvalue weighted by molar-refractivity contribution is 6.62. The van der Waals surface area contributed by atoms with Crippen molar-refractivity contribution in [1.82, 2.24) is 4.57 Å². The molecule has 0 saturated carbocycles. The molecule has 148 valence electrons. The van der Waals surface area contributed by atoms with E-state index in [4.69, 9.17) is 9.31 Å². The molecule has 4 rings (SSSR count). The van der Waals surface area contributed by atoms with Crippen molar-refractivity contribution >= 4 is 29.6 Å². The lowest BCUT2D eigenvalue weighted by Gasteiger charge is -2.32. The van der Waals surface area contributed by atoms with Crippen molar-refractivity contribution in [1.29, 1.82) is 0 Å². The summed E-state index contributed by atoms with van der Waals surface area (Å²) in [4.78, 5) is 0. The molecule has 1 saturated heterocycles. The van der Waals surface area contributed by atoms with Crippen LogP contribution in [0.2, 0.25) is 0 Å². The third-order valence-electron chi connectivity index (χ3n) is 6.24. The number of nitrogens with zero attached hydrogens (tertiary/aromatic N) is 1. The minimum atomic E-state index is -0.350. The van der Waals surface area contributed by atoms with Gasteiger partial charge in [0.25, 0.3) is 0 Å². The van der Waals surface area contributed by atoms with Gasteiger partial charge in [-0.3, -0.25) is 0 Å². The smallest absolute Gasteiger partial charge is 0.399 e. The predicted molar refractivity (Wildman–Crippen MR) is 123 cm³/mol. The van der Waals surface area contributed by atoms with E-state index in [1.807, 2.05) is 12.2 Å². The van der Waals surface area contributed by atoms with E-state index in [9.17, 15) is 0 Å². The number of hydrogen-bond acceptors (Lipinski definition) is 2. The molecule has 0 radical (unpaired) electrons. The van der Waals surface area contributed by atoms with Crippen molar-refractivity contribution in [2.24, 2.45) is 0 Å². The number of hydrogen-bond donors (Lipinski definition) is 0. The quantitative estimate of drug-likeness (QED) is 0.441. The molecule has 1 aromatic heterocycles. The zero-order valence-electron chi connectivity index (χ0n) is 17.9. The van der Waals surface area contributed by atoms with Gasteiger partial charge < -0.3 is 13.9 Å². The fraction of sp³-hybridized carbons (Fsp3) is 0.280. The Bertz CT molecular complexity index is 1070. The van der Waals surface area contributed by atoms with Gasteiger partial charge in [-0.1, -0.05) is 49.1 Å². The molecule has 3 nitrogen and oxygen atoms in total. The van der Waals surface area contributed by atoms with Crippen molar-refractivity contribution in [2.75, 3.05) is 0 Å². The number of rotatable bonds is 4. The van der Waals surface area contributed by atoms with E-state index < -0.39 is 0 Å². The average Bonchev–Trinajstić information content (AvgIpc) is 3.09. The van der Waals surface area contributed by atoms with Crippen LogP contribution in [0.15, 0.2) is 67.3 Å². The van der Waals surface area contributed by atoms with Crippen molar-refractivity contribution in [3.8, 4) is 5.69 Å². The topological polar surface area (TPSA) is 23.4 Å². The van der Waals surface area contributed by atoms with Crippen molar-refractivity contribution in [3.63, 3.8) is 0 Å². The molecular weight excluding hydrogens is 357 g/mol. The van der Waals surface area contributed by atoms with E-state index in [2.05, 4.69) is 100 Å². The summed E-state index contributed by atoms with van der Waals surface area (Å²) in [6.07, 6.45) is 5.91. The van der Waals surface area contributed by atoms with Gasteiger partial charge >= 0.3 is 7.12 Å². The molecule has 1 fully saturated rings. The summed E-state index contributed by atoms with van der Waals surface area (Å²) in [5, 5.41) is 1.26. The van der Waals surface area contributed by atoms with Gasteiger partial charge in [-0.15, -0.1) is 0 Å². The number of aromatic nitrogens is 1. The largest absolute Gasteiger partial charge is 0.494 e. The van der Waals surface area contributed by atoms with Crippen LogP contribution in [0.5, 0.6) is 0 Å². The van der Waals surface area contributed by atoms with Crippen LogP contribution in [0, 0.1) is 6.92 Å². The lowest BCUT2D eigenvalue weighted by molar-refractivity contribution is 0.00578. The van der Waals surface area contributed by atoms with Gasteiger partial charge in [0.05, 0.1) is 16.7 Å². The van der Waals surface area contributed by atoms with E-state index in [1.165, 1.54) is 16.5 Å². The molecule has 2 heterocycles. The maximum Gasteiger partial charge on any atom is 0.494 e. The number of aryl methyl sites for hydroxylation is 1. The highest BCUT2D eigenvalue weighted by atomic mass is 16.7. The number of fused-ring (bicyclic) bond motifs is 1. The zero-order chi connectivity index (χ0) is 20.8. The molecule has 2 aromatic carbocycles. The molecule has 3 aromatic rings. The Hall–Kier alpha value is -2.56. The van der Waals surface area contributed by atoms with Gasteiger partial charge in [-0.2, -0.15) is 0 Å². The highest BCUT2D eigenvalue weighted by Gasteiger charge is 2.51. The maximum atomic E-state index is 6.20. The Kier molecular flexibility index (Phi) is 4.80. The third-order valence-corrected chi connectivity index (χ3v) is 6.24. The summed E-state index contributed by atoms with van der Waals surface area (Å²) < 4.78 is 14.7. The summed E-state index contributed by atoms with van der Waals surface area (Å²) in [7, 11) is -0.350. The molecule has 0 atom stereocenters. The molecule has 0 amide bonds. The first-order valence-electron chi connectivity index (χ1n) is 10.1. The fourth-order valence-corrected chi connectivity index (χ4v) is 3.82. The second-order valence-electron chi connectivity index (χ2n) is 8.64. The average molecular weight is 385 g/mol. The predicted octanol–water partition coefficient (Wildman–Crippen LogP) is 5.44. The Balaban J connectivity index is 1.76. The molecule has 0 unspecified atom stereocenters. The Labute approximate surface area is 173 Å². The summed E-state index contributed by atoms with van der Waals surface area (Å²) >= 11 is 0. The van der Waals surface area contributed by atoms with E-state index in [0.717, 1.165) is 16.8 Å². The number of allylic oxidation sites excluding steroid dienone is 2. The van der Waals surface area contributed by atoms with Crippen LogP contribution < -0.4 is 5.46 Å². The van der Waals surface area contributed by atoms with Gasteiger partial charge in [0, 0.05) is 16.8 Å². The standard InChI is InChI=1S/C25H28BNO2/c1-7-8-12-22-18(2)21-11-9-10-13-23(21)27(22)20-16-14-19(15-17-20)26-28-24(3,4)25(5,6)29-26/h7-17H,1H2,2-6H3/b12-8-. The van der Waals surface area contributed by atoms with Crippen molar-refractivity contribution in [3.05, 3.63) is 78.5 Å². The van der Waals surface area contributed by atoms with E-state index in [-0.39, 0.29) is 18.3 Å². The molecule has 0 bridgehead atoms. The summed E-state index contributed by atoms with van der Waals surface area (Å²) in [5.74, 6) is 0. The summed E-state index contributed by atoms with van der Waals surface area (Å²) in [6.45, 7) is 14.3. The number of para-hydroxylation sites is 1. The first-order chi connectivity index (χ1) is 13.7. The third kappa shape index (κ3) is 3.27. The van der Waals surface area contributed by atoms with Gasteiger partial charge in [-0.25, -0.2) is 0 Å². The first-order valence-corrected chi connectivity index (χ1v) is 10.1. The van der Waals surface area contributed by atoms with Crippen LogP contribution in [0.25, 0.3) is 22.7 Å². The van der Waals surface area contributed by atoms with Gasteiger partial charge in [0.15, 0.2) is 0 Å². The van der Waals surface area contributed by atoms with Crippen LogP contribution in [0.3, 0.4) is 0 Å². The second-order valence-corrected chi connectivity index (χ2v) is 8.64. The first kappa shape index (κ1) is 19.7. The van der Waals surface area contributed by atoms with Crippen LogP contribution in [0.1, 0.15) is 39.0 Å². The molecular formula is C25H28BNO2. The molecule has 0 aliphatic carbocycles. The lowest BCUT2D eigenvalue weighted by atomic mass is 9.79. The molecule has 0 spiro atoms. The summed E-state index contributed by atoms with van der Waals surface area (Å²) in [6, 6.07) is 17.0. The molecule has 29 heavy (non-hydrogen) atoms. The Morgan fingerprint density at radius 2 is 1.55 bits per heavy atom. The summed E-state index contributed by atoms with van der Waals surface area (Å²) in [5.41, 5.74) is 5.07. The monoisotopic (exact) mass is 385 g/mol. The van der Waals surface area contributed by atoms with Crippen molar-refractivity contribution in [2.45, 2.75) is 45.8 Å². The zero-order valence-corrected chi connectivity index (χ0v) is 17.9. The minimum absolute atomic E-state index is 0.341. The van der Waals surface area contributed by atoms with Crippen LogP contribution >= 0.6 is 0 Å². The van der Waals surface area contributed by atoms with Crippen LogP contribution in [-0.2, 0) is 9.31 Å². The minimum Gasteiger partial charge on any atom is -0.399 e. The van der Waals surface area contributed by atoms with Crippen LogP contribution in [-0.4, -0.2) is 22.9 Å². The van der Waals surface area contributed by atoms with Crippen molar-refractivity contribution < 1.29 is 9.31 Å². The van der Waals surface area contributed by atoms with E-state index in [0.29, 0.717) is 0 Å².